The van der Waals surface area contributed by atoms with Crippen molar-refractivity contribution in [2.75, 3.05) is 32.7 Å². The topological polar surface area (TPSA) is 86.9 Å². The molecule has 0 aromatic carbocycles. The van der Waals surface area contributed by atoms with Gasteiger partial charge in [-0.05, 0) is 6.42 Å². The number of nitrogens with two attached hydrogens (primary N) is 1. The number of hydrogen-bond acceptors (Lipinski definition) is 4. The maximum Gasteiger partial charge on any atom is 0.304 e. The lowest BCUT2D eigenvalue weighted by atomic mass is 10.1. The molecule has 6 nitrogen and oxygen atoms in total. The van der Waals surface area contributed by atoms with Crippen LogP contribution < -0.4 is 5.73 Å². The second kappa shape index (κ2) is 8.12. The van der Waals surface area contributed by atoms with Gasteiger partial charge < -0.3 is 15.7 Å². The molecule has 1 amide bonds. The van der Waals surface area contributed by atoms with Gasteiger partial charge in [0.2, 0.25) is 5.91 Å². The van der Waals surface area contributed by atoms with E-state index in [9.17, 15) is 9.59 Å². The SMILES string of the molecule is CCCC(N)CC(=O)N1CCN(CCC(=O)O)CC1. The molecular weight excluding hydrogens is 246 g/mol. The standard InChI is InChI=1S/C13H25N3O3/c1-2-3-11(14)10-12(17)16-8-6-15(7-9-16)5-4-13(18)19/h11H,2-10,14H2,1H3,(H,18,19). The van der Waals surface area contributed by atoms with E-state index in [1.807, 2.05) is 4.90 Å². The Morgan fingerprint density at radius 1 is 1.26 bits per heavy atom. The van der Waals surface area contributed by atoms with Crippen LogP contribution in [0, 0.1) is 0 Å². The molecule has 3 N–H and O–H groups in total. The van der Waals surface area contributed by atoms with Crippen molar-refractivity contribution in [1.29, 1.82) is 0 Å². The molecule has 0 aliphatic carbocycles. The van der Waals surface area contributed by atoms with Gasteiger partial charge in [0.1, 0.15) is 0 Å². The Hall–Kier alpha value is -1.14. The summed E-state index contributed by atoms with van der Waals surface area (Å²) in [6, 6.07) is -0.0393. The summed E-state index contributed by atoms with van der Waals surface area (Å²) in [6.45, 7) is 5.48. The van der Waals surface area contributed by atoms with Crippen molar-refractivity contribution >= 4 is 11.9 Å². The fourth-order valence-electron chi connectivity index (χ4n) is 2.30. The molecule has 1 aliphatic rings. The molecule has 110 valence electrons. The van der Waals surface area contributed by atoms with E-state index in [0.29, 0.717) is 26.1 Å². The van der Waals surface area contributed by atoms with Crippen molar-refractivity contribution in [2.24, 2.45) is 5.73 Å². The van der Waals surface area contributed by atoms with Gasteiger partial charge in [-0.25, -0.2) is 0 Å². The second-order valence-electron chi connectivity index (χ2n) is 5.12. The first-order valence-electron chi connectivity index (χ1n) is 7.00. The number of carboxylic acid groups (broad SMARTS) is 1. The number of hydrogen-bond donors (Lipinski definition) is 2. The quantitative estimate of drug-likeness (QED) is 0.687. The predicted octanol–water partition coefficient (Wildman–Crippen LogP) is 0.123. The van der Waals surface area contributed by atoms with E-state index in [1.54, 1.807) is 0 Å². The number of nitrogens with zero attached hydrogens (tertiary/aromatic N) is 2. The third-order valence-electron chi connectivity index (χ3n) is 3.46. The molecule has 0 radical (unpaired) electrons. The Kier molecular flexibility index (Phi) is 6.80. The molecule has 19 heavy (non-hydrogen) atoms. The van der Waals surface area contributed by atoms with Gasteiger partial charge in [0.15, 0.2) is 0 Å². The van der Waals surface area contributed by atoms with Crippen molar-refractivity contribution in [3.05, 3.63) is 0 Å². The van der Waals surface area contributed by atoms with Crippen molar-refractivity contribution in [1.82, 2.24) is 9.80 Å². The summed E-state index contributed by atoms with van der Waals surface area (Å²) in [5.41, 5.74) is 5.88. The summed E-state index contributed by atoms with van der Waals surface area (Å²) in [6.07, 6.45) is 2.46. The van der Waals surface area contributed by atoms with E-state index in [4.69, 9.17) is 10.8 Å². The summed E-state index contributed by atoms with van der Waals surface area (Å²) >= 11 is 0. The van der Waals surface area contributed by atoms with Gasteiger partial charge in [-0.1, -0.05) is 13.3 Å². The van der Waals surface area contributed by atoms with E-state index in [0.717, 1.165) is 25.9 Å². The Labute approximate surface area is 114 Å². The minimum absolute atomic E-state index is 0.0393. The molecule has 1 heterocycles. The summed E-state index contributed by atoms with van der Waals surface area (Å²) < 4.78 is 0. The maximum atomic E-state index is 12.0. The minimum Gasteiger partial charge on any atom is -0.481 e. The fourth-order valence-corrected chi connectivity index (χ4v) is 2.30. The largest absolute Gasteiger partial charge is 0.481 e. The molecule has 1 fully saturated rings. The van der Waals surface area contributed by atoms with Crippen LogP contribution in [0.4, 0.5) is 0 Å². The van der Waals surface area contributed by atoms with Crippen LogP contribution in [-0.4, -0.2) is 65.5 Å². The molecule has 1 aliphatic heterocycles. The van der Waals surface area contributed by atoms with Gasteiger partial charge in [0, 0.05) is 45.2 Å². The zero-order chi connectivity index (χ0) is 14.3. The van der Waals surface area contributed by atoms with E-state index in [2.05, 4.69) is 11.8 Å². The van der Waals surface area contributed by atoms with Crippen molar-refractivity contribution in [2.45, 2.75) is 38.6 Å². The van der Waals surface area contributed by atoms with Gasteiger partial charge in [0.25, 0.3) is 0 Å². The lowest BCUT2D eigenvalue weighted by Crippen LogP contribution is -2.50. The Balaban J connectivity index is 2.25. The molecular formula is C13H25N3O3. The van der Waals surface area contributed by atoms with Gasteiger partial charge in [0.05, 0.1) is 6.42 Å². The highest BCUT2D eigenvalue weighted by molar-refractivity contribution is 5.76. The first-order chi connectivity index (χ1) is 9.02. The molecule has 1 atom stereocenters. The smallest absolute Gasteiger partial charge is 0.304 e. The average molecular weight is 271 g/mol. The third kappa shape index (κ3) is 6.02. The van der Waals surface area contributed by atoms with Gasteiger partial charge in [-0.3, -0.25) is 14.5 Å². The Morgan fingerprint density at radius 3 is 2.42 bits per heavy atom. The highest BCUT2D eigenvalue weighted by atomic mass is 16.4. The summed E-state index contributed by atoms with van der Waals surface area (Å²) in [5.74, 6) is -0.650. The zero-order valence-electron chi connectivity index (χ0n) is 11.7. The van der Waals surface area contributed by atoms with Gasteiger partial charge >= 0.3 is 5.97 Å². The van der Waals surface area contributed by atoms with E-state index >= 15 is 0 Å². The number of amides is 1. The van der Waals surface area contributed by atoms with Gasteiger partial charge in [-0.15, -0.1) is 0 Å². The highest BCUT2D eigenvalue weighted by Crippen LogP contribution is 2.07. The van der Waals surface area contributed by atoms with Crippen LogP contribution in [0.3, 0.4) is 0 Å². The monoisotopic (exact) mass is 271 g/mol. The van der Waals surface area contributed by atoms with Crippen molar-refractivity contribution in [3.63, 3.8) is 0 Å². The Morgan fingerprint density at radius 2 is 1.89 bits per heavy atom. The number of piperazine rings is 1. The molecule has 0 bridgehead atoms. The third-order valence-corrected chi connectivity index (χ3v) is 3.46. The number of carbonyl (C=O) groups excluding carboxylic acids is 1. The van der Waals surface area contributed by atoms with Crippen molar-refractivity contribution in [3.8, 4) is 0 Å². The lowest BCUT2D eigenvalue weighted by molar-refractivity contribution is -0.138. The average Bonchev–Trinajstić information content (AvgIpc) is 2.37. The number of carbonyl (C=O) groups is 2. The van der Waals surface area contributed by atoms with Crippen LogP contribution in [0.15, 0.2) is 0 Å². The normalized spacial score (nSPS) is 18.3. The fraction of sp³-hybridized carbons (Fsp3) is 0.846. The zero-order valence-corrected chi connectivity index (χ0v) is 11.7. The first-order valence-corrected chi connectivity index (χ1v) is 7.00. The molecule has 6 heteroatoms. The molecule has 0 spiro atoms. The lowest BCUT2D eigenvalue weighted by Gasteiger charge is -2.35. The maximum absolute atomic E-state index is 12.0. The van der Waals surface area contributed by atoms with Gasteiger partial charge in [-0.2, -0.15) is 0 Å². The van der Waals surface area contributed by atoms with Crippen LogP contribution in [-0.2, 0) is 9.59 Å². The summed E-state index contributed by atoms with van der Waals surface area (Å²) in [4.78, 5) is 26.4. The van der Waals surface area contributed by atoms with Crippen LogP contribution in [0.1, 0.15) is 32.6 Å². The second-order valence-corrected chi connectivity index (χ2v) is 5.12. The summed E-state index contributed by atoms with van der Waals surface area (Å²) in [5, 5.41) is 8.63. The summed E-state index contributed by atoms with van der Waals surface area (Å²) in [7, 11) is 0. The van der Waals surface area contributed by atoms with Crippen LogP contribution in [0.2, 0.25) is 0 Å². The van der Waals surface area contributed by atoms with E-state index in [1.165, 1.54) is 0 Å². The Bertz CT molecular complexity index is 302. The van der Waals surface area contributed by atoms with E-state index in [-0.39, 0.29) is 18.4 Å². The minimum atomic E-state index is -0.774. The predicted molar refractivity (Wildman–Crippen MR) is 72.8 cm³/mol. The molecule has 1 rings (SSSR count). The van der Waals surface area contributed by atoms with Crippen LogP contribution in [0.5, 0.6) is 0 Å². The molecule has 1 saturated heterocycles. The highest BCUT2D eigenvalue weighted by Gasteiger charge is 2.22. The number of carboxylic acids is 1. The molecule has 0 aromatic rings. The first kappa shape index (κ1) is 15.9. The van der Waals surface area contributed by atoms with Crippen LogP contribution in [0.25, 0.3) is 0 Å². The van der Waals surface area contributed by atoms with Crippen LogP contribution >= 0.6 is 0 Å². The molecule has 0 saturated carbocycles. The van der Waals surface area contributed by atoms with Crippen molar-refractivity contribution < 1.29 is 14.7 Å². The molecule has 1 unspecified atom stereocenters. The number of rotatable bonds is 7. The van der Waals surface area contributed by atoms with E-state index < -0.39 is 5.97 Å². The molecule has 0 aromatic heterocycles. The number of aliphatic carboxylic acids is 1.